The molecule has 1 aliphatic heterocycles. The number of hydrogen-bond acceptors (Lipinski definition) is 10. The van der Waals surface area contributed by atoms with E-state index in [0.717, 1.165) is 22.3 Å². The molecule has 4 N–H and O–H groups in total. The topological polar surface area (TPSA) is 174 Å². The summed E-state index contributed by atoms with van der Waals surface area (Å²) in [6.45, 7) is 2.38. The molecule has 0 bridgehead atoms. The summed E-state index contributed by atoms with van der Waals surface area (Å²) >= 11 is 6.65. The summed E-state index contributed by atoms with van der Waals surface area (Å²) < 4.78 is 18.1. The van der Waals surface area contributed by atoms with Gasteiger partial charge < -0.3 is 34.4 Å². The van der Waals surface area contributed by atoms with Gasteiger partial charge in [0.2, 0.25) is 0 Å². The molecule has 1 fully saturated rings. The Morgan fingerprint density at radius 3 is 2.60 bits per heavy atom. The molecule has 1 saturated heterocycles. The second-order valence-corrected chi connectivity index (χ2v) is 12.2. The number of aliphatic carboxylic acids is 1. The molecular weight excluding hydrogens is 664 g/mol. The first-order chi connectivity index (χ1) is 24.1. The van der Waals surface area contributed by atoms with E-state index in [2.05, 4.69) is 10.3 Å². The van der Waals surface area contributed by atoms with Crippen LogP contribution in [-0.4, -0.2) is 75.5 Å². The van der Waals surface area contributed by atoms with Gasteiger partial charge in [-0.25, -0.2) is 0 Å². The van der Waals surface area contributed by atoms with Crippen molar-refractivity contribution in [2.45, 2.75) is 45.2 Å². The quantitative estimate of drug-likeness (QED) is 0.140. The van der Waals surface area contributed by atoms with Crippen LogP contribution in [0.1, 0.15) is 34.2 Å². The van der Waals surface area contributed by atoms with Gasteiger partial charge in [-0.1, -0.05) is 41.9 Å². The second-order valence-electron chi connectivity index (χ2n) is 11.8. The van der Waals surface area contributed by atoms with Crippen LogP contribution < -0.4 is 19.5 Å². The van der Waals surface area contributed by atoms with Crippen molar-refractivity contribution in [1.82, 2.24) is 15.2 Å². The summed E-state index contributed by atoms with van der Waals surface area (Å²) in [6.07, 6.45) is 3.11. The number of nitriles is 1. The van der Waals surface area contributed by atoms with Crippen LogP contribution in [-0.2, 0) is 29.3 Å². The number of β-amino-alcohol motifs (C(OH)–C–C–N with tert-alkyl or cyclic N) is 1. The number of hydrogen-bond donors (Lipinski definition) is 4. The minimum atomic E-state index is -1.20. The Morgan fingerprint density at radius 2 is 1.86 bits per heavy atom. The van der Waals surface area contributed by atoms with E-state index in [1.807, 2.05) is 49.4 Å². The maximum atomic E-state index is 12.5. The zero-order valence-corrected chi connectivity index (χ0v) is 28.1. The van der Waals surface area contributed by atoms with E-state index in [0.29, 0.717) is 53.4 Å². The summed E-state index contributed by atoms with van der Waals surface area (Å²) in [4.78, 5) is 29.6. The highest BCUT2D eigenvalue weighted by Crippen LogP contribution is 2.35. The van der Waals surface area contributed by atoms with Crippen molar-refractivity contribution in [3.63, 3.8) is 0 Å². The van der Waals surface area contributed by atoms with Gasteiger partial charge >= 0.3 is 5.97 Å². The highest BCUT2D eigenvalue weighted by atomic mass is 35.5. The number of rotatable bonds is 15. The van der Waals surface area contributed by atoms with Crippen molar-refractivity contribution in [3.8, 4) is 34.4 Å². The summed E-state index contributed by atoms with van der Waals surface area (Å²) in [6, 6.07) is 19.1. The summed E-state index contributed by atoms with van der Waals surface area (Å²) in [7, 11) is 0. The maximum absolute atomic E-state index is 12.5. The zero-order chi connectivity index (χ0) is 35.6. The van der Waals surface area contributed by atoms with Gasteiger partial charge in [0.15, 0.2) is 6.61 Å². The van der Waals surface area contributed by atoms with Gasteiger partial charge in [0.05, 0.1) is 23.3 Å². The van der Waals surface area contributed by atoms with Gasteiger partial charge in [-0.05, 0) is 59.9 Å². The predicted molar refractivity (Wildman–Crippen MR) is 184 cm³/mol. The SMILES string of the molecule is Cc1c(COc2cc(OCc3cncc(C#N)c3)c(CNC(CO)C(=O)O)cc2Cl)cccc1-c1cccc(OCC(=O)N2CC[C@@H](O)C2)c1. The van der Waals surface area contributed by atoms with Crippen molar-refractivity contribution in [2.24, 2.45) is 0 Å². The van der Waals surface area contributed by atoms with Crippen LogP contribution in [0.15, 0.2) is 73.1 Å². The van der Waals surface area contributed by atoms with Gasteiger partial charge in [0, 0.05) is 49.2 Å². The van der Waals surface area contributed by atoms with E-state index in [1.165, 1.54) is 6.20 Å². The van der Waals surface area contributed by atoms with Crippen molar-refractivity contribution in [2.75, 3.05) is 26.3 Å². The lowest BCUT2D eigenvalue weighted by molar-refractivity contribution is -0.140. The first-order valence-corrected chi connectivity index (χ1v) is 16.3. The largest absolute Gasteiger partial charge is 0.488 e. The number of pyridine rings is 1. The Kier molecular flexibility index (Phi) is 12.2. The number of nitrogens with one attached hydrogen (secondary N) is 1. The van der Waals surface area contributed by atoms with Gasteiger partial charge in [0.25, 0.3) is 5.91 Å². The first kappa shape index (κ1) is 36.1. The summed E-state index contributed by atoms with van der Waals surface area (Å²) in [5, 5.41) is 40.8. The minimum absolute atomic E-state index is 0.0306. The highest BCUT2D eigenvalue weighted by Gasteiger charge is 2.25. The molecule has 5 rings (SSSR count). The molecule has 1 unspecified atom stereocenters. The number of carboxylic acids is 1. The number of carbonyl (C=O) groups excluding carboxylic acids is 1. The fourth-order valence-corrected chi connectivity index (χ4v) is 5.72. The first-order valence-electron chi connectivity index (χ1n) is 15.9. The Labute approximate surface area is 294 Å². The normalized spacial score (nSPS) is 14.5. The molecule has 260 valence electrons. The van der Waals surface area contributed by atoms with Crippen LogP contribution in [0.3, 0.4) is 0 Å². The Hall–Kier alpha value is -5.19. The third-order valence-electron chi connectivity index (χ3n) is 8.31. The molecule has 13 heteroatoms. The van der Waals surface area contributed by atoms with Crippen LogP contribution in [0.4, 0.5) is 0 Å². The van der Waals surface area contributed by atoms with E-state index < -0.39 is 24.7 Å². The number of aliphatic hydroxyl groups is 2. The number of ether oxygens (including phenoxy) is 3. The number of benzene rings is 3. The number of carbonyl (C=O) groups is 2. The smallest absolute Gasteiger partial charge is 0.323 e. The van der Waals surface area contributed by atoms with Gasteiger partial charge in [-0.2, -0.15) is 5.26 Å². The molecule has 3 aromatic carbocycles. The predicted octanol–water partition coefficient (Wildman–Crippen LogP) is 4.25. The number of aliphatic hydroxyl groups excluding tert-OH is 2. The van der Waals surface area contributed by atoms with Crippen LogP contribution in [0.5, 0.6) is 17.2 Å². The third-order valence-corrected chi connectivity index (χ3v) is 8.60. The third kappa shape index (κ3) is 9.28. The van der Waals surface area contributed by atoms with Crippen molar-refractivity contribution >= 4 is 23.5 Å². The van der Waals surface area contributed by atoms with E-state index in [4.69, 9.17) is 25.8 Å². The number of likely N-dealkylation sites (tertiary alicyclic amines) is 1. The van der Waals surface area contributed by atoms with Gasteiger partial charge in [0.1, 0.15) is 42.6 Å². The van der Waals surface area contributed by atoms with E-state index in [1.54, 1.807) is 35.4 Å². The zero-order valence-electron chi connectivity index (χ0n) is 27.3. The maximum Gasteiger partial charge on any atom is 0.323 e. The standard InChI is InChI=1S/C37H37ClN4O8/c1-23-27(5-3-7-31(23)26-4-2-6-30(11-26)48-22-36(45)42-9-8-29(44)18-42)21-50-35-13-34(49-20-25-10-24(14-39)15-40-16-25)28(12-32(35)38)17-41-33(19-43)37(46)47/h2-7,10-13,15-16,29,33,41,43-44H,8-9,17-22H2,1H3,(H,46,47)/t29-,33?/m1/s1. The van der Waals surface area contributed by atoms with E-state index >= 15 is 0 Å². The van der Waals surface area contributed by atoms with E-state index in [-0.39, 0.29) is 37.3 Å². The van der Waals surface area contributed by atoms with E-state index in [9.17, 15) is 30.2 Å². The number of carboxylic acid groups (broad SMARTS) is 1. The van der Waals surface area contributed by atoms with Crippen LogP contribution >= 0.6 is 11.6 Å². The Morgan fingerprint density at radius 1 is 1.06 bits per heavy atom. The summed E-state index contributed by atoms with van der Waals surface area (Å²) in [5.74, 6) is -0.121. The average molecular weight is 701 g/mol. The van der Waals surface area contributed by atoms with Crippen molar-refractivity contribution in [3.05, 3.63) is 106 Å². The molecule has 2 atom stereocenters. The van der Waals surface area contributed by atoms with Crippen LogP contribution in [0, 0.1) is 18.3 Å². The molecule has 50 heavy (non-hydrogen) atoms. The molecule has 1 aromatic heterocycles. The lowest BCUT2D eigenvalue weighted by Crippen LogP contribution is -2.39. The average Bonchev–Trinajstić information content (AvgIpc) is 3.56. The molecule has 1 amide bonds. The molecular formula is C37H37ClN4O8. The number of nitrogens with zero attached hydrogens (tertiary/aromatic N) is 3. The lowest BCUT2D eigenvalue weighted by Gasteiger charge is -2.18. The van der Waals surface area contributed by atoms with Crippen LogP contribution in [0.25, 0.3) is 11.1 Å². The number of halogens is 1. The number of amides is 1. The van der Waals surface area contributed by atoms with Crippen molar-refractivity contribution in [1.29, 1.82) is 5.26 Å². The highest BCUT2D eigenvalue weighted by molar-refractivity contribution is 6.32. The molecule has 0 radical (unpaired) electrons. The summed E-state index contributed by atoms with van der Waals surface area (Å²) in [5.41, 5.74) is 5.28. The van der Waals surface area contributed by atoms with Gasteiger partial charge in [-0.3, -0.25) is 19.9 Å². The van der Waals surface area contributed by atoms with Crippen LogP contribution in [0.2, 0.25) is 5.02 Å². The molecule has 1 aliphatic rings. The van der Waals surface area contributed by atoms with Crippen molar-refractivity contribution < 1.29 is 39.1 Å². The Balaban J connectivity index is 1.31. The number of aromatic nitrogens is 1. The monoisotopic (exact) mass is 700 g/mol. The molecule has 12 nitrogen and oxygen atoms in total. The molecule has 4 aromatic rings. The Bertz CT molecular complexity index is 1880. The lowest BCUT2D eigenvalue weighted by atomic mass is 9.96. The molecule has 0 spiro atoms. The minimum Gasteiger partial charge on any atom is -0.488 e. The molecule has 0 saturated carbocycles. The fourth-order valence-electron chi connectivity index (χ4n) is 5.48. The van der Waals surface area contributed by atoms with Gasteiger partial charge in [-0.15, -0.1) is 0 Å². The molecule has 2 heterocycles. The fraction of sp³-hybridized carbons (Fsp3) is 0.297. The second kappa shape index (κ2) is 17.0. The molecule has 0 aliphatic carbocycles.